The van der Waals surface area contributed by atoms with Crippen LogP contribution in [0.3, 0.4) is 0 Å². The average molecular weight is 705 g/mol. The number of imidazole rings is 1. The molecule has 4 aromatic heterocycles. The van der Waals surface area contributed by atoms with E-state index in [1.54, 1.807) is 18.3 Å². The third-order valence-electron chi connectivity index (χ3n) is 10.6. The van der Waals surface area contributed by atoms with Gasteiger partial charge in [-0.1, -0.05) is 126 Å². The Morgan fingerprint density at radius 2 is 1.22 bits per heavy atom. The summed E-state index contributed by atoms with van der Waals surface area (Å²) in [5.41, 5.74) is 8.33. The Labute approximate surface area is 311 Å². The first-order chi connectivity index (χ1) is 26.7. The second kappa shape index (κ2) is 12.9. The van der Waals surface area contributed by atoms with Crippen molar-refractivity contribution >= 4 is 5.65 Å². The van der Waals surface area contributed by atoms with Crippen LogP contribution >= 0.6 is 0 Å². The Kier molecular flexibility index (Phi) is 7.61. The summed E-state index contributed by atoms with van der Waals surface area (Å²) in [5.74, 6) is 1.40. The highest BCUT2D eigenvalue weighted by Gasteiger charge is 2.44. The van der Waals surface area contributed by atoms with Gasteiger partial charge in [0.1, 0.15) is 28.4 Å². The molecule has 7 nitrogen and oxygen atoms in total. The SMILES string of the molecule is Fc1ccc(-c2nn(C(c3ccccc3)(c3ccccc3)c3ccccc3)cc2-c2ccc3ncc(-c4noc([C@@H]5CC5c5ccccc5)n4)n3c2)cc1. The van der Waals surface area contributed by atoms with Gasteiger partial charge >= 0.3 is 0 Å². The van der Waals surface area contributed by atoms with Crippen LogP contribution in [0.2, 0.25) is 0 Å². The van der Waals surface area contributed by atoms with Gasteiger partial charge in [0, 0.05) is 35.0 Å². The summed E-state index contributed by atoms with van der Waals surface area (Å²) in [7, 11) is 0. The van der Waals surface area contributed by atoms with Crippen molar-refractivity contribution in [2.24, 2.45) is 0 Å². The number of rotatable bonds is 9. The lowest BCUT2D eigenvalue weighted by atomic mass is 9.77. The molecule has 54 heavy (non-hydrogen) atoms. The van der Waals surface area contributed by atoms with Crippen LogP contribution < -0.4 is 0 Å². The van der Waals surface area contributed by atoms with Crippen molar-refractivity contribution in [3.63, 3.8) is 0 Å². The van der Waals surface area contributed by atoms with Gasteiger partial charge < -0.3 is 4.52 Å². The molecule has 2 atom stereocenters. The van der Waals surface area contributed by atoms with Gasteiger partial charge in [-0.05, 0) is 71.0 Å². The highest BCUT2D eigenvalue weighted by molar-refractivity contribution is 5.81. The predicted molar refractivity (Wildman–Crippen MR) is 206 cm³/mol. The van der Waals surface area contributed by atoms with Crippen molar-refractivity contribution in [1.29, 1.82) is 0 Å². The minimum atomic E-state index is -0.845. The van der Waals surface area contributed by atoms with Gasteiger partial charge in [-0.3, -0.25) is 9.08 Å². The number of aromatic nitrogens is 6. The van der Waals surface area contributed by atoms with Crippen LogP contribution in [0.5, 0.6) is 0 Å². The van der Waals surface area contributed by atoms with E-state index in [-0.39, 0.29) is 11.7 Å². The fraction of sp³-hybridized carbons (Fsp3) is 0.0870. The van der Waals surface area contributed by atoms with E-state index in [0.717, 1.165) is 51.1 Å². The molecule has 1 aliphatic rings. The molecule has 1 aliphatic carbocycles. The summed E-state index contributed by atoms with van der Waals surface area (Å²) < 4.78 is 24.2. The minimum absolute atomic E-state index is 0.201. The van der Waals surface area contributed by atoms with E-state index in [0.29, 0.717) is 23.3 Å². The average Bonchev–Trinajstić information content (AvgIpc) is 3.50. The molecule has 4 heterocycles. The highest BCUT2D eigenvalue weighted by Crippen LogP contribution is 2.54. The van der Waals surface area contributed by atoms with Gasteiger partial charge in [-0.25, -0.2) is 9.37 Å². The summed E-state index contributed by atoms with van der Waals surface area (Å²) >= 11 is 0. The summed E-state index contributed by atoms with van der Waals surface area (Å²) in [6.07, 6.45) is 6.91. The predicted octanol–water partition coefficient (Wildman–Crippen LogP) is 10.2. The first kappa shape index (κ1) is 31.8. The van der Waals surface area contributed by atoms with Crippen molar-refractivity contribution in [1.82, 2.24) is 29.3 Å². The maximum absolute atomic E-state index is 14.3. The highest BCUT2D eigenvalue weighted by atomic mass is 19.1. The largest absolute Gasteiger partial charge is 0.339 e. The number of hydrogen-bond donors (Lipinski definition) is 0. The third-order valence-corrected chi connectivity index (χ3v) is 10.6. The Morgan fingerprint density at radius 3 is 1.85 bits per heavy atom. The zero-order valence-corrected chi connectivity index (χ0v) is 29.1. The van der Waals surface area contributed by atoms with E-state index >= 15 is 0 Å². The van der Waals surface area contributed by atoms with Gasteiger partial charge in [0.25, 0.3) is 0 Å². The Hall–Kier alpha value is -6.93. The van der Waals surface area contributed by atoms with Crippen molar-refractivity contribution in [3.8, 4) is 33.9 Å². The molecule has 0 aliphatic heterocycles. The van der Waals surface area contributed by atoms with E-state index in [1.807, 2.05) is 47.0 Å². The monoisotopic (exact) mass is 704 g/mol. The van der Waals surface area contributed by atoms with Crippen LogP contribution in [0.1, 0.15) is 46.4 Å². The van der Waals surface area contributed by atoms with E-state index in [9.17, 15) is 4.39 Å². The van der Waals surface area contributed by atoms with Crippen LogP contribution in [0.25, 0.3) is 39.5 Å². The number of pyridine rings is 1. The molecule has 1 unspecified atom stereocenters. The first-order valence-electron chi connectivity index (χ1n) is 18.1. The van der Waals surface area contributed by atoms with Crippen LogP contribution in [0, 0.1) is 5.82 Å². The Morgan fingerprint density at radius 1 is 0.630 bits per heavy atom. The Bertz CT molecular complexity index is 2610. The smallest absolute Gasteiger partial charge is 0.230 e. The van der Waals surface area contributed by atoms with Crippen molar-refractivity contribution in [2.45, 2.75) is 23.8 Å². The van der Waals surface area contributed by atoms with E-state index in [1.165, 1.54) is 17.7 Å². The van der Waals surface area contributed by atoms with Gasteiger partial charge in [0.05, 0.1) is 6.20 Å². The minimum Gasteiger partial charge on any atom is -0.339 e. The van der Waals surface area contributed by atoms with E-state index in [4.69, 9.17) is 19.6 Å². The first-order valence-corrected chi connectivity index (χ1v) is 18.1. The lowest BCUT2D eigenvalue weighted by Crippen LogP contribution is -2.38. The molecule has 260 valence electrons. The van der Waals surface area contributed by atoms with Gasteiger partial charge in [-0.2, -0.15) is 10.1 Å². The Balaban J connectivity index is 1.14. The molecule has 0 amide bonds. The maximum Gasteiger partial charge on any atom is 0.230 e. The van der Waals surface area contributed by atoms with Gasteiger partial charge in [0.15, 0.2) is 0 Å². The summed E-state index contributed by atoms with van der Waals surface area (Å²) in [6.45, 7) is 0. The van der Waals surface area contributed by atoms with Crippen molar-refractivity contribution in [2.75, 3.05) is 0 Å². The molecular weight excluding hydrogens is 672 g/mol. The van der Waals surface area contributed by atoms with E-state index < -0.39 is 5.54 Å². The van der Waals surface area contributed by atoms with Crippen LogP contribution in [-0.2, 0) is 5.54 Å². The zero-order valence-electron chi connectivity index (χ0n) is 29.1. The second-order valence-electron chi connectivity index (χ2n) is 13.8. The molecule has 9 aromatic rings. The quantitative estimate of drug-likeness (QED) is 0.140. The summed E-state index contributed by atoms with van der Waals surface area (Å²) in [5, 5.41) is 9.84. The van der Waals surface area contributed by atoms with Crippen LogP contribution in [0.15, 0.2) is 181 Å². The number of hydrogen-bond acceptors (Lipinski definition) is 5. The van der Waals surface area contributed by atoms with Crippen molar-refractivity contribution < 1.29 is 8.91 Å². The molecule has 0 N–H and O–H groups in total. The molecule has 0 bridgehead atoms. The molecule has 1 saturated carbocycles. The van der Waals surface area contributed by atoms with Gasteiger partial charge in [-0.15, -0.1) is 0 Å². The second-order valence-corrected chi connectivity index (χ2v) is 13.8. The molecular formula is C46H33FN6O. The van der Waals surface area contributed by atoms with Crippen LogP contribution in [0.4, 0.5) is 4.39 Å². The molecule has 0 saturated heterocycles. The molecule has 10 rings (SSSR count). The lowest BCUT2D eigenvalue weighted by molar-refractivity contribution is 0.378. The molecule has 1 fully saturated rings. The number of benzene rings is 5. The lowest BCUT2D eigenvalue weighted by Gasteiger charge is -2.36. The van der Waals surface area contributed by atoms with Gasteiger partial charge in [0.2, 0.25) is 11.7 Å². The maximum atomic E-state index is 14.3. The standard InChI is InChI=1S/C46H33FN6O/c47-37-24-21-32(22-25-37)43-40(30-53(50-43)46(34-15-7-2-8-16-34,35-17-9-3-10-18-35)36-19-11-4-12-20-36)33-23-26-42-48-28-41(52(42)29-33)44-49-45(54-51-44)39-27-38(39)31-13-5-1-6-14-31/h1-26,28-30,38-39H,27H2/t38?,39-/m1/s1. The fourth-order valence-electron chi connectivity index (χ4n) is 7.84. The molecule has 0 radical (unpaired) electrons. The third kappa shape index (κ3) is 5.34. The number of fused-ring (bicyclic) bond motifs is 1. The molecule has 8 heteroatoms. The summed E-state index contributed by atoms with van der Waals surface area (Å²) in [4.78, 5) is 9.56. The number of nitrogens with zero attached hydrogens (tertiary/aromatic N) is 6. The molecule has 0 spiro atoms. The zero-order chi connectivity index (χ0) is 36.1. The normalized spacial score (nSPS) is 15.4. The number of halogens is 1. The summed E-state index contributed by atoms with van der Waals surface area (Å²) in [6, 6.07) is 52.3. The van der Waals surface area contributed by atoms with Crippen molar-refractivity contribution in [3.05, 3.63) is 210 Å². The fourth-order valence-corrected chi connectivity index (χ4v) is 7.84. The molecule has 5 aromatic carbocycles. The topological polar surface area (TPSA) is 74.0 Å². The van der Waals surface area contributed by atoms with E-state index in [2.05, 4.69) is 113 Å². The van der Waals surface area contributed by atoms with Crippen LogP contribution in [-0.4, -0.2) is 29.3 Å².